The minimum Gasteiger partial charge on any atom is -0.507 e. The van der Waals surface area contributed by atoms with Crippen LogP contribution < -0.4 is 10.1 Å². The van der Waals surface area contributed by atoms with E-state index in [2.05, 4.69) is 10.2 Å². The third-order valence-corrected chi connectivity index (χ3v) is 6.06. The Hall–Kier alpha value is -3.62. The number of aromatic hydroxyl groups is 1. The number of allylic oxidation sites excluding steroid dienone is 1. The average molecular weight is 433 g/mol. The summed E-state index contributed by atoms with van der Waals surface area (Å²) in [6.45, 7) is 3.97. The summed E-state index contributed by atoms with van der Waals surface area (Å²) >= 11 is 0. The lowest BCUT2D eigenvalue weighted by Gasteiger charge is -2.27. The van der Waals surface area contributed by atoms with Crippen LogP contribution in [0.3, 0.4) is 0 Å². The van der Waals surface area contributed by atoms with E-state index in [1.807, 2.05) is 17.8 Å². The van der Waals surface area contributed by atoms with E-state index < -0.39 is 5.97 Å². The molecule has 8 heteroatoms. The summed E-state index contributed by atoms with van der Waals surface area (Å²) in [5.74, 6) is -0.520. The Morgan fingerprint density at radius 1 is 1.22 bits per heavy atom. The van der Waals surface area contributed by atoms with Crippen molar-refractivity contribution in [1.82, 2.24) is 14.8 Å². The molecule has 164 valence electrons. The van der Waals surface area contributed by atoms with Crippen molar-refractivity contribution in [1.29, 1.82) is 0 Å². The van der Waals surface area contributed by atoms with Gasteiger partial charge >= 0.3 is 5.97 Å². The Bertz CT molecular complexity index is 1280. The van der Waals surface area contributed by atoms with Crippen LogP contribution in [0.1, 0.15) is 31.8 Å². The summed E-state index contributed by atoms with van der Waals surface area (Å²) in [5.41, 5.74) is 2.75. The zero-order valence-corrected chi connectivity index (χ0v) is 17.6. The highest BCUT2D eigenvalue weighted by Crippen LogP contribution is 2.40. The molecule has 1 aromatic heterocycles. The van der Waals surface area contributed by atoms with E-state index >= 15 is 0 Å². The lowest BCUT2D eigenvalue weighted by molar-refractivity contribution is 0.0697. The normalized spacial score (nSPS) is 17.7. The molecule has 0 spiro atoms. The number of hydrogen-bond acceptors (Lipinski definition) is 6. The van der Waals surface area contributed by atoms with E-state index in [1.54, 1.807) is 36.4 Å². The summed E-state index contributed by atoms with van der Waals surface area (Å²) in [6.07, 6.45) is 3.51. The van der Waals surface area contributed by atoms with Crippen LogP contribution in [-0.2, 0) is 13.6 Å². The average Bonchev–Trinajstić information content (AvgIpc) is 3.27. The van der Waals surface area contributed by atoms with Crippen molar-refractivity contribution in [3.05, 3.63) is 64.5 Å². The van der Waals surface area contributed by atoms with E-state index in [0.717, 1.165) is 42.6 Å². The summed E-state index contributed by atoms with van der Waals surface area (Å²) in [6, 6.07) is 8.03. The second-order valence-electron chi connectivity index (χ2n) is 8.14. The van der Waals surface area contributed by atoms with Gasteiger partial charge in [-0.15, -0.1) is 0 Å². The minimum absolute atomic E-state index is 0.114. The minimum atomic E-state index is -0.991. The number of carbonyl (C=O) groups is 2. The standard InChI is InChI=1S/C24H23N3O5/c1-26-12-15(16-3-2-14(24(30)31)10-19(16)26)11-21-22(29)17-4-5-20(28)18(23(17)32-21)13-27-8-6-25-7-9-27/h2-5,10-12,25,28H,6-9,13H2,1H3,(H,30,31). The third kappa shape index (κ3) is 3.43. The fraction of sp³-hybridized carbons (Fsp3) is 0.250. The molecule has 0 saturated carbocycles. The summed E-state index contributed by atoms with van der Waals surface area (Å²) < 4.78 is 7.82. The molecule has 0 amide bonds. The monoisotopic (exact) mass is 433 g/mol. The number of benzene rings is 2. The van der Waals surface area contributed by atoms with Crippen LogP contribution in [0.2, 0.25) is 0 Å². The third-order valence-electron chi connectivity index (χ3n) is 6.06. The highest BCUT2D eigenvalue weighted by Gasteiger charge is 2.32. The van der Waals surface area contributed by atoms with E-state index in [1.165, 1.54) is 0 Å². The fourth-order valence-electron chi connectivity index (χ4n) is 4.35. The second-order valence-corrected chi connectivity index (χ2v) is 8.14. The maximum absolute atomic E-state index is 13.1. The van der Waals surface area contributed by atoms with Crippen molar-refractivity contribution in [2.75, 3.05) is 26.2 Å². The molecule has 0 atom stereocenters. The topological polar surface area (TPSA) is 104 Å². The maximum Gasteiger partial charge on any atom is 0.335 e. The molecule has 32 heavy (non-hydrogen) atoms. The molecule has 5 rings (SSSR count). The van der Waals surface area contributed by atoms with E-state index in [0.29, 0.717) is 23.4 Å². The zero-order valence-electron chi connectivity index (χ0n) is 17.6. The summed E-state index contributed by atoms with van der Waals surface area (Å²) in [5, 5.41) is 23.9. The fourth-order valence-corrected chi connectivity index (χ4v) is 4.35. The molecule has 0 bridgehead atoms. The Morgan fingerprint density at radius 3 is 2.75 bits per heavy atom. The maximum atomic E-state index is 13.1. The van der Waals surface area contributed by atoms with Crippen molar-refractivity contribution < 1.29 is 24.5 Å². The quantitative estimate of drug-likeness (QED) is 0.544. The van der Waals surface area contributed by atoms with Gasteiger partial charge in [-0.2, -0.15) is 0 Å². The van der Waals surface area contributed by atoms with Gasteiger partial charge < -0.3 is 24.8 Å². The predicted molar refractivity (Wildman–Crippen MR) is 119 cm³/mol. The van der Waals surface area contributed by atoms with E-state index in [-0.39, 0.29) is 22.9 Å². The van der Waals surface area contributed by atoms with Gasteiger partial charge in [0, 0.05) is 62.4 Å². The number of ether oxygens (including phenoxy) is 1. The van der Waals surface area contributed by atoms with Crippen molar-refractivity contribution >= 4 is 28.7 Å². The van der Waals surface area contributed by atoms with Crippen LogP contribution >= 0.6 is 0 Å². The van der Waals surface area contributed by atoms with Crippen LogP contribution in [0.15, 0.2) is 42.3 Å². The number of nitrogens with zero attached hydrogens (tertiary/aromatic N) is 2. The Morgan fingerprint density at radius 2 is 2.00 bits per heavy atom. The number of aromatic nitrogens is 1. The smallest absolute Gasteiger partial charge is 0.335 e. The SMILES string of the molecule is Cn1cc(C=C2Oc3c(ccc(O)c3CN3CCNCC3)C2=O)c2ccc(C(=O)O)cc21. The van der Waals surface area contributed by atoms with Gasteiger partial charge in [0.1, 0.15) is 11.5 Å². The molecule has 0 aliphatic carbocycles. The van der Waals surface area contributed by atoms with Gasteiger partial charge in [-0.3, -0.25) is 9.69 Å². The molecule has 2 aliphatic rings. The van der Waals surface area contributed by atoms with E-state index in [4.69, 9.17) is 4.74 Å². The lowest BCUT2D eigenvalue weighted by Crippen LogP contribution is -2.42. The van der Waals surface area contributed by atoms with Crippen molar-refractivity contribution in [3.63, 3.8) is 0 Å². The number of hydrogen-bond donors (Lipinski definition) is 3. The predicted octanol–water partition coefficient (Wildman–Crippen LogP) is 2.60. The molecule has 3 heterocycles. The highest BCUT2D eigenvalue weighted by atomic mass is 16.5. The number of carbonyl (C=O) groups excluding carboxylic acids is 1. The van der Waals surface area contributed by atoms with Crippen molar-refractivity contribution in [2.24, 2.45) is 7.05 Å². The van der Waals surface area contributed by atoms with Crippen LogP contribution in [0.25, 0.3) is 17.0 Å². The number of aromatic carboxylic acids is 1. The number of Topliss-reactive ketones (excluding diaryl/α,β-unsaturated/α-hetero) is 1. The van der Waals surface area contributed by atoms with Crippen molar-refractivity contribution in [2.45, 2.75) is 6.54 Å². The number of aryl methyl sites for hydroxylation is 1. The summed E-state index contributed by atoms with van der Waals surface area (Å²) in [4.78, 5) is 26.6. The van der Waals surface area contributed by atoms with Gasteiger partial charge in [-0.05, 0) is 30.3 Å². The number of ketones is 1. The second kappa shape index (κ2) is 7.81. The molecule has 0 radical (unpaired) electrons. The first-order chi connectivity index (χ1) is 15.4. The Kier molecular flexibility index (Phi) is 4.96. The molecule has 8 nitrogen and oxygen atoms in total. The first kappa shape index (κ1) is 20.3. The number of rotatable bonds is 4. The number of phenolic OH excluding ortho intramolecular Hbond substituents is 1. The number of carboxylic acid groups (broad SMARTS) is 1. The van der Waals surface area contributed by atoms with E-state index in [9.17, 15) is 19.8 Å². The largest absolute Gasteiger partial charge is 0.507 e. The molecular formula is C24H23N3O5. The van der Waals surface area contributed by atoms with Gasteiger partial charge in [0.25, 0.3) is 0 Å². The number of fused-ring (bicyclic) bond motifs is 2. The van der Waals surface area contributed by atoms with Gasteiger partial charge in [-0.25, -0.2) is 4.79 Å². The number of piperazine rings is 1. The number of nitrogens with one attached hydrogen (secondary N) is 1. The number of phenols is 1. The first-order valence-corrected chi connectivity index (χ1v) is 10.5. The molecular weight excluding hydrogens is 410 g/mol. The van der Waals surface area contributed by atoms with Gasteiger partial charge in [0.05, 0.1) is 16.7 Å². The van der Waals surface area contributed by atoms with Gasteiger partial charge in [0.2, 0.25) is 5.78 Å². The zero-order chi connectivity index (χ0) is 22.4. The molecule has 0 unspecified atom stereocenters. The van der Waals surface area contributed by atoms with Crippen LogP contribution in [0, 0.1) is 0 Å². The molecule has 3 N–H and O–H groups in total. The van der Waals surface area contributed by atoms with Crippen LogP contribution in [-0.4, -0.2) is 57.6 Å². The highest BCUT2D eigenvalue weighted by molar-refractivity contribution is 6.15. The molecule has 3 aromatic rings. The summed E-state index contributed by atoms with van der Waals surface area (Å²) in [7, 11) is 1.83. The lowest BCUT2D eigenvalue weighted by atomic mass is 10.0. The molecule has 2 aliphatic heterocycles. The number of carboxylic acids is 1. The van der Waals surface area contributed by atoms with Crippen molar-refractivity contribution in [3.8, 4) is 11.5 Å². The Labute approximate surface area is 184 Å². The van der Waals surface area contributed by atoms with Crippen LogP contribution in [0.4, 0.5) is 0 Å². The molecule has 2 aromatic carbocycles. The van der Waals surface area contributed by atoms with Gasteiger partial charge in [0.15, 0.2) is 5.76 Å². The Balaban J connectivity index is 1.51. The van der Waals surface area contributed by atoms with Crippen LogP contribution in [0.5, 0.6) is 11.5 Å². The van der Waals surface area contributed by atoms with Gasteiger partial charge in [-0.1, -0.05) is 6.07 Å². The first-order valence-electron chi connectivity index (χ1n) is 10.5. The molecule has 1 fully saturated rings. The molecule has 1 saturated heterocycles.